The van der Waals surface area contributed by atoms with E-state index < -0.39 is 0 Å². The number of hydrogen-bond donors (Lipinski definition) is 0. The summed E-state index contributed by atoms with van der Waals surface area (Å²) in [6.45, 7) is 1.96. The van der Waals surface area contributed by atoms with Crippen LogP contribution in [0, 0.1) is 6.92 Å². The number of benzene rings is 1. The SMILES string of the molecule is Cc1cc(C(=O)N2C3CCC2c2cnc(-c4ccccc4)nc2C3)nn1C. The molecule has 2 aliphatic rings. The molecule has 0 spiro atoms. The first-order valence-electron chi connectivity index (χ1n) is 9.36. The van der Waals surface area contributed by atoms with Gasteiger partial charge in [0.15, 0.2) is 11.5 Å². The van der Waals surface area contributed by atoms with E-state index in [2.05, 4.69) is 10.1 Å². The minimum Gasteiger partial charge on any atom is -0.327 e. The smallest absolute Gasteiger partial charge is 0.275 e. The molecule has 5 rings (SSSR count). The molecule has 1 amide bonds. The molecule has 1 saturated heterocycles. The molecule has 2 aliphatic heterocycles. The number of aromatic nitrogens is 4. The topological polar surface area (TPSA) is 63.9 Å². The van der Waals surface area contributed by atoms with E-state index in [0.29, 0.717) is 5.69 Å². The third-order valence-electron chi connectivity index (χ3n) is 5.79. The normalized spacial score (nSPS) is 20.6. The number of rotatable bonds is 2. The van der Waals surface area contributed by atoms with Crippen molar-refractivity contribution in [2.45, 2.75) is 38.3 Å². The minimum atomic E-state index is 0.0176. The molecule has 0 N–H and O–H groups in total. The van der Waals surface area contributed by atoms with Crippen LogP contribution in [-0.4, -0.2) is 36.6 Å². The molecule has 0 aliphatic carbocycles. The highest BCUT2D eigenvalue weighted by molar-refractivity contribution is 5.93. The Labute approximate surface area is 157 Å². The van der Waals surface area contributed by atoms with E-state index in [0.717, 1.165) is 47.6 Å². The van der Waals surface area contributed by atoms with E-state index >= 15 is 0 Å². The Morgan fingerprint density at radius 3 is 2.74 bits per heavy atom. The van der Waals surface area contributed by atoms with Crippen LogP contribution < -0.4 is 0 Å². The second-order valence-electron chi connectivity index (χ2n) is 7.42. The molecule has 27 heavy (non-hydrogen) atoms. The fraction of sp³-hybridized carbons (Fsp3) is 0.333. The Balaban J connectivity index is 1.50. The van der Waals surface area contributed by atoms with Gasteiger partial charge in [-0.3, -0.25) is 9.48 Å². The number of hydrogen-bond acceptors (Lipinski definition) is 4. The van der Waals surface area contributed by atoms with Crippen LogP contribution in [0.1, 0.15) is 46.3 Å². The second kappa shape index (κ2) is 6.01. The second-order valence-corrected chi connectivity index (χ2v) is 7.42. The highest BCUT2D eigenvalue weighted by atomic mass is 16.2. The zero-order valence-corrected chi connectivity index (χ0v) is 15.5. The molecular weight excluding hydrogens is 338 g/mol. The lowest BCUT2D eigenvalue weighted by molar-refractivity contribution is 0.0637. The molecular formula is C21H21N5O. The fourth-order valence-corrected chi connectivity index (χ4v) is 4.31. The van der Waals surface area contributed by atoms with Gasteiger partial charge in [0.1, 0.15) is 0 Å². The monoisotopic (exact) mass is 359 g/mol. The first-order chi connectivity index (χ1) is 13.1. The van der Waals surface area contributed by atoms with Crippen LogP contribution in [0.2, 0.25) is 0 Å². The molecule has 2 atom stereocenters. The summed E-state index contributed by atoms with van der Waals surface area (Å²) >= 11 is 0. The van der Waals surface area contributed by atoms with Gasteiger partial charge in [0.25, 0.3) is 5.91 Å². The van der Waals surface area contributed by atoms with Crippen LogP contribution in [0.5, 0.6) is 0 Å². The predicted octanol–water partition coefficient (Wildman–Crippen LogP) is 3.09. The number of amides is 1. The first kappa shape index (κ1) is 16.2. The summed E-state index contributed by atoms with van der Waals surface area (Å²) in [6, 6.07) is 12.1. The highest BCUT2D eigenvalue weighted by Gasteiger charge is 2.44. The average molecular weight is 359 g/mol. The molecule has 2 aromatic heterocycles. The first-order valence-corrected chi connectivity index (χ1v) is 9.36. The summed E-state index contributed by atoms with van der Waals surface area (Å²) < 4.78 is 1.75. The number of carbonyl (C=O) groups is 1. The number of fused-ring (bicyclic) bond motifs is 4. The lowest BCUT2D eigenvalue weighted by atomic mass is 9.98. The van der Waals surface area contributed by atoms with Crippen LogP contribution in [-0.2, 0) is 13.5 Å². The van der Waals surface area contributed by atoms with Gasteiger partial charge in [-0.2, -0.15) is 5.10 Å². The molecule has 3 aromatic rings. The van der Waals surface area contributed by atoms with Gasteiger partial charge in [0.2, 0.25) is 0 Å². The summed E-state index contributed by atoms with van der Waals surface area (Å²) in [5.74, 6) is 0.776. The van der Waals surface area contributed by atoms with E-state index in [1.165, 1.54) is 0 Å². The summed E-state index contributed by atoms with van der Waals surface area (Å²) in [4.78, 5) is 24.6. The molecule has 136 valence electrons. The largest absolute Gasteiger partial charge is 0.327 e. The fourth-order valence-electron chi connectivity index (χ4n) is 4.31. The molecule has 6 nitrogen and oxygen atoms in total. The molecule has 0 saturated carbocycles. The molecule has 4 heterocycles. The molecule has 6 heteroatoms. The maximum absolute atomic E-state index is 13.1. The Bertz CT molecular complexity index is 1010. The summed E-state index contributed by atoms with van der Waals surface area (Å²) in [5, 5.41) is 4.39. The molecule has 1 fully saturated rings. The van der Waals surface area contributed by atoms with E-state index in [-0.39, 0.29) is 18.0 Å². The zero-order chi connectivity index (χ0) is 18.5. The zero-order valence-electron chi connectivity index (χ0n) is 15.5. The van der Waals surface area contributed by atoms with Gasteiger partial charge in [-0.25, -0.2) is 9.97 Å². The maximum atomic E-state index is 13.1. The lowest BCUT2D eigenvalue weighted by Crippen LogP contribution is -2.42. The maximum Gasteiger partial charge on any atom is 0.275 e. The summed E-state index contributed by atoms with van der Waals surface area (Å²) in [5.41, 5.74) is 4.70. The minimum absolute atomic E-state index is 0.0176. The van der Waals surface area contributed by atoms with Crippen molar-refractivity contribution >= 4 is 5.91 Å². The highest BCUT2D eigenvalue weighted by Crippen LogP contribution is 2.43. The van der Waals surface area contributed by atoms with Crippen molar-refractivity contribution in [2.24, 2.45) is 7.05 Å². The van der Waals surface area contributed by atoms with Crippen molar-refractivity contribution in [3.63, 3.8) is 0 Å². The van der Waals surface area contributed by atoms with Crippen LogP contribution in [0.25, 0.3) is 11.4 Å². The van der Waals surface area contributed by atoms with Gasteiger partial charge in [0, 0.05) is 42.5 Å². The van der Waals surface area contributed by atoms with Crippen molar-refractivity contribution in [3.8, 4) is 11.4 Å². The van der Waals surface area contributed by atoms with Crippen molar-refractivity contribution in [1.82, 2.24) is 24.6 Å². The van der Waals surface area contributed by atoms with E-state index in [1.54, 1.807) is 4.68 Å². The molecule has 2 unspecified atom stereocenters. The van der Waals surface area contributed by atoms with Gasteiger partial charge >= 0.3 is 0 Å². The van der Waals surface area contributed by atoms with Gasteiger partial charge < -0.3 is 4.90 Å². The van der Waals surface area contributed by atoms with Gasteiger partial charge in [-0.1, -0.05) is 30.3 Å². The van der Waals surface area contributed by atoms with Crippen LogP contribution in [0.15, 0.2) is 42.6 Å². The molecule has 2 bridgehead atoms. The van der Waals surface area contributed by atoms with Gasteiger partial charge in [-0.05, 0) is 25.8 Å². The Morgan fingerprint density at radius 2 is 2.00 bits per heavy atom. The Kier molecular flexibility index (Phi) is 3.60. The molecule has 1 aromatic carbocycles. The van der Waals surface area contributed by atoms with Crippen LogP contribution in [0.3, 0.4) is 0 Å². The molecule has 0 radical (unpaired) electrons. The number of aryl methyl sites for hydroxylation is 2. The van der Waals surface area contributed by atoms with Gasteiger partial charge in [0.05, 0.1) is 11.7 Å². The van der Waals surface area contributed by atoms with Crippen LogP contribution in [0.4, 0.5) is 0 Å². The van der Waals surface area contributed by atoms with E-state index in [1.807, 2.05) is 61.5 Å². The summed E-state index contributed by atoms with van der Waals surface area (Å²) in [6.07, 6.45) is 4.66. The lowest BCUT2D eigenvalue weighted by Gasteiger charge is -2.35. The number of carbonyl (C=O) groups excluding carboxylic acids is 1. The van der Waals surface area contributed by atoms with Crippen LogP contribution >= 0.6 is 0 Å². The van der Waals surface area contributed by atoms with E-state index in [4.69, 9.17) is 4.98 Å². The predicted molar refractivity (Wildman–Crippen MR) is 101 cm³/mol. The third kappa shape index (κ3) is 2.55. The van der Waals surface area contributed by atoms with Crippen molar-refractivity contribution in [3.05, 3.63) is 65.2 Å². The van der Waals surface area contributed by atoms with Crippen molar-refractivity contribution in [1.29, 1.82) is 0 Å². The van der Waals surface area contributed by atoms with E-state index in [9.17, 15) is 4.79 Å². The standard InChI is InChI=1S/C21H21N5O/c1-13-10-18(24-25(13)2)21(27)26-15-8-9-19(26)16-12-22-20(23-17(16)11-15)14-6-4-3-5-7-14/h3-7,10,12,15,19H,8-9,11H2,1-2H3. The average Bonchev–Trinajstić information content (AvgIpc) is 3.20. The Morgan fingerprint density at radius 1 is 1.19 bits per heavy atom. The van der Waals surface area contributed by atoms with Gasteiger partial charge in [-0.15, -0.1) is 0 Å². The van der Waals surface area contributed by atoms with Crippen molar-refractivity contribution < 1.29 is 4.79 Å². The third-order valence-corrected chi connectivity index (χ3v) is 5.79. The Hall–Kier alpha value is -3.02. The summed E-state index contributed by atoms with van der Waals surface area (Å²) in [7, 11) is 1.87. The van der Waals surface area contributed by atoms with Crippen molar-refractivity contribution in [2.75, 3.05) is 0 Å². The number of nitrogens with zero attached hydrogens (tertiary/aromatic N) is 5. The quantitative estimate of drug-likeness (QED) is 0.705.